The number of anilines is 1. The number of esters is 1. The van der Waals surface area contributed by atoms with E-state index in [-0.39, 0.29) is 10.9 Å². The molecule has 9 nitrogen and oxygen atoms in total. The van der Waals surface area contributed by atoms with Crippen LogP contribution in [-0.4, -0.2) is 68.6 Å². The van der Waals surface area contributed by atoms with Crippen LogP contribution in [0.2, 0.25) is 5.02 Å². The fourth-order valence-electron chi connectivity index (χ4n) is 6.23. The van der Waals surface area contributed by atoms with Crippen molar-refractivity contribution in [1.82, 2.24) is 24.4 Å². The lowest BCUT2D eigenvalue weighted by atomic mass is 9.97. The normalized spacial score (nSPS) is 14.5. The lowest BCUT2D eigenvalue weighted by Gasteiger charge is -2.47. The Morgan fingerprint density at radius 3 is 2.46 bits per heavy atom. The molecule has 46 heavy (non-hydrogen) atoms. The molecule has 0 radical (unpaired) electrons. The van der Waals surface area contributed by atoms with E-state index < -0.39 is 17.3 Å². The molecule has 0 saturated carbocycles. The second kappa shape index (κ2) is 12.2. The highest BCUT2D eigenvalue weighted by molar-refractivity contribution is 6.30. The Kier molecular flexibility index (Phi) is 8.24. The summed E-state index contributed by atoms with van der Waals surface area (Å²) in [6.45, 7) is 9.77. The monoisotopic (exact) mass is 640 g/mol. The van der Waals surface area contributed by atoms with Crippen LogP contribution in [0.25, 0.3) is 22.2 Å². The van der Waals surface area contributed by atoms with Gasteiger partial charge in [-0.05, 0) is 86.8 Å². The first-order valence-electron chi connectivity index (χ1n) is 14.9. The molecule has 6 rings (SSSR count). The summed E-state index contributed by atoms with van der Waals surface area (Å²) < 4.78 is 21.4. The molecule has 236 valence electrons. The number of fused-ring (bicyclic) bond motifs is 1. The third-order valence-electron chi connectivity index (χ3n) is 8.52. The van der Waals surface area contributed by atoms with Crippen molar-refractivity contribution < 1.29 is 18.7 Å². The zero-order chi connectivity index (χ0) is 32.7. The van der Waals surface area contributed by atoms with E-state index in [1.165, 1.54) is 19.2 Å². The topological polar surface area (TPSA) is 93.5 Å². The number of hydrogen-bond donors (Lipinski definition) is 0. The zero-order valence-corrected chi connectivity index (χ0v) is 27.1. The number of carbonyl (C=O) groups is 2. The van der Waals surface area contributed by atoms with Crippen LogP contribution in [-0.2, 0) is 11.3 Å². The molecular weight excluding hydrogens is 607 g/mol. The number of halogens is 2. The molecule has 0 spiro atoms. The quantitative estimate of drug-likeness (QED) is 0.196. The summed E-state index contributed by atoms with van der Waals surface area (Å²) >= 11 is 5.97. The molecule has 4 aromatic heterocycles. The Bertz CT molecular complexity index is 1950. The van der Waals surface area contributed by atoms with Gasteiger partial charge in [-0.25, -0.2) is 19.2 Å². The summed E-state index contributed by atoms with van der Waals surface area (Å²) in [5, 5.41) is 0.848. The third-order valence-corrected chi connectivity index (χ3v) is 8.83. The average Bonchev–Trinajstić information content (AvgIpc) is 3.38. The molecule has 0 unspecified atom stereocenters. The lowest BCUT2D eigenvalue weighted by Crippen LogP contribution is -2.61. The van der Waals surface area contributed by atoms with Crippen LogP contribution in [0.4, 0.5) is 10.2 Å². The van der Waals surface area contributed by atoms with Gasteiger partial charge in [0.1, 0.15) is 23.0 Å². The lowest BCUT2D eigenvalue weighted by molar-refractivity contribution is 0.0506. The predicted octanol–water partition coefficient (Wildman–Crippen LogP) is 6.48. The van der Waals surface area contributed by atoms with E-state index in [2.05, 4.69) is 9.88 Å². The fourth-order valence-corrected chi connectivity index (χ4v) is 6.35. The van der Waals surface area contributed by atoms with Gasteiger partial charge in [0.15, 0.2) is 0 Å². The van der Waals surface area contributed by atoms with Gasteiger partial charge in [-0.3, -0.25) is 9.78 Å². The SMILES string of the molecule is COC(=O)c1c(C)cc(N2CCN(C(=O)c3ccc4c(-c5ccc(Cl)c(F)c5)cn(Cc5ccncc5)c4n3)C(C)(C)C2)nc1C. The number of amides is 1. The van der Waals surface area contributed by atoms with Crippen LogP contribution in [0, 0.1) is 19.7 Å². The largest absolute Gasteiger partial charge is 0.465 e. The number of ether oxygens (including phenoxy) is 1. The molecule has 0 N–H and O–H groups in total. The van der Waals surface area contributed by atoms with Crippen molar-refractivity contribution in [3.8, 4) is 11.1 Å². The highest BCUT2D eigenvalue weighted by atomic mass is 35.5. The van der Waals surface area contributed by atoms with E-state index in [0.717, 1.165) is 27.9 Å². The van der Waals surface area contributed by atoms with E-state index in [0.29, 0.717) is 54.3 Å². The Morgan fingerprint density at radius 1 is 1.02 bits per heavy atom. The number of benzene rings is 1. The number of carbonyl (C=O) groups excluding carboxylic acids is 2. The van der Waals surface area contributed by atoms with Gasteiger partial charge in [0.05, 0.1) is 28.9 Å². The maximum absolute atomic E-state index is 14.5. The predicted molar refractivity (Wildman–Crippen MR) is 176 cm³/mol. The number of methoxy groups -OCH3 is 1. The first kappa shape index (κ1) is 31.2. The molecule has 0 aliphatic carbocycles. The van der Waals surface area contributed by atoms with Crippen molar-refractivity contribution in [3.05, 3.63) is 106 Å². The summed E-state index contributed by atoms with van der Waals surface area (Å²) in [5.74, 6) is -0.338. The molecule has 1 aromatic carbocycles. The fraction of sp³-hybridized carbons (Fsp3) is 0.286. The smallest absolute Gasteiger partial charge is 0.339 e. The minimum Gasteiger partial charge on any atom is -0.465 e. The Labute approximate surface area is 271 Å². The van der Waals surface area contributed by atoms with E-state index in [1.807, 2.05) is 60.7 Å². The molecule has 11 heteroatoms. The Morgan fingerprint density at radius 2 is 1.78 bits per heavy atom. The average molecular weight is 641 g/mol. The van der Waals surface area contributed by atoms with Crippen molar-refractivity contribution >= 4 is 40.3 Å². The highest BCUT2D eigenvalue weighted by Crippen LogP contribution is 2.34. The van der Waals surface area contributed by atoms with Gasteiger partial charge in [0, 0.05) is 55.7 Å². The minimum atomic E-state index is -0.554. The first-order valence-corrected chi connectivity index (χ1v) is 15.3. The molecule has 1 aliphatic heterocycles. The number of aryl methyl sites for hydroxylation is 2. The summed E-state index contributed by atoms with van der Waals surface area (Å²) in [6, 6.07) is 14.1. The molecule has 5 heterocycles. The second-order valence-corrected chi connectivity index (χ2v) is 12.6. The van der Waals surface area contributed by atoms with Crippen molar-refractivity contribution in [3.63, 3.8) is 0 Å². The van der Waals surface area contributed by atoms with Gasteiger partial charge in [-0.2, -0.15) is 0 Å². The van der Waals surface area contributed by atoms with Crippen LogP contribution in [0.3, 0.4) is 0 Å². The zero-order valence-electron chi connectivity index (χ0n) is 26.3. The summed E-state index contributed by atoms with van der Waals surface area (Å²) in [4.78, 5) is 44.0. The van der Waals surface area contributed by atoms with Gasteiger partial charge in [0.2, 0.25) is 0 Å². The number of piperazine rings is 1. The number of aromatic nitrogens is 4. The maximum Gasteiger partial charge on any atom is 0.339 e. The van der Waals surface area contributed by atoms with E-state index in [4.69, 9.17) is 26.3 Å². The third kappa shape index (κ3) is 5.80. The van der Waals surface area contributed by atoms with Gasteiger partial charge in [0.25, 0.3) is 5.91 Å². The number of nitrogens with zero attached hydrogens (tertiary/aromatic N) is 6. The van der Waals surface area contributed by atoms with Gasteiger partial charge in [-0.15, -0.1) is 0 Å². The van der Waals surface area contributed by atoms with Gasteiger partial charge < -0.3 is 19.1 Å². The molecule has 1 amide bonds. The maximum atomic E-state index is 14.5. The summed E-state index contributed by atoms with van der Waals surface area (Å²) in [7, 11) is 1.36. The number of pyridine rings is 3. The van der Waals surface area contributed by atoms with E-state index >= 15 is 0 Å². The van der Waals surface area contributed by atoms with Crippen LogP contribution in [0.5, 0.6) is 0 Å². The van der Waals surface area contributed by atoms with Crippen LogP contribution in [0.15, 0.2) is 67.1 Å². The first-order chi connectivity index (χ1) is 22.0. The van der Waals surface area contributed by atoms with E-state index in [9.17, 15) is 14.0 Å². The number of rotatable bonds is 6. The number of hydrogen-bond acceptors (Lipinski definition) is 7. The standard InChI is InChI=1S/C35H34ClFN6O3/c1-21-16-30(39-22(2)31(21)34(45)46-5)41-14-15-43(35(3,4)20-41)33(44)29-9-7-25-26(24-6-8-27(36)28(37)17-24)19-42(32(25)40-29)18-23-10-12-38-13-11-23/h6-13,16-17,19H,14-15,18,20H2,1-5H3. The van der Waals surface area contributed by atoms with Crippen molar-refractivity contribution in [2.24, 2.45) is 0 Å². The summed E-state index contributed by atoms with van der Waals surface area (Å²) in [6.07, 6.45) is 5.39. The minimum absolute atomic E-state index is 0.0530. The van der Waals surface area contributed by atoms with Crippen molar-refractivity contribution in [2.75, 3.05) is 31.6 Å². The molecular formula is C35H34ClFN6O3. The molecule has 5 aromatic rings. The highest BCUT2D eigenvalue weighted by Gasteiger charge is 2.38. The van der Waals surface area contributed by atoms with Gasteiger partial charge >= 0.3 is 5.97 Å². The van der Waals surface area contributed by atoms with Crippen LogP contribution in [0.1, 0.15) is 51.5 Å². The van der Waals surface area contributed by atoms with Crippen molar-refractivity contribution in [1.29, 1.82) is 0 Å². The molecule has 1 saturated heterocycles. The van der Waals surface area contributed by atoms with Crippen molar-refractivity contribution in [2.45, 2.75) is 39.8 Å². The molecule has 0 bridgehead atoms. The second-order valence-electron chi connectivity index (χ2n) is 12.2. The molecule has 1 aliphatic rings. The van der Waals surface area contributed by atoms with Crippen LogP contribution < -0.4 is 4.90 Å². The summed E-state index contributed by atoms with van der Waals surface area (Å²) in [5.41, 5.74) is 4.71. The molecule has 1 fully saturated rings. The Balaban J connectivity index is 1.32. The van der Waals surface area contributed by atoms with Gasteiger partial charge in [-0.1, -0.05) is 17.7 Å². The van der Waals surface area contributed by atoms with Crippen LogP contribution >= 0.6 is 11.6 Å². The molecule has 0 atom stereocenters. The van der Waals surface area contributed by atoms with E-state index in [1.54, 1.807) is 31.5 Å². The Hall–Kier alpha value is -4.83.